The molecule has 6 heteroatoms. The maximum atomic E-state index is 12.8. The highest BCUT2D eigenvalue weighted by Crippen LogP contribution is 2.11. The van der Waals surface area contributed by atoms with Gasteiger partial charge in [-0.05, 0) is 18.2 Å². The number of amides is 1. The second-order valence-corrected chi connectivity index (χ2v) is 3.32. The highest BCUT2D eigenvalue weighted by atomic mass is 19.1. The molecule has 1 amide bonds. The number of rotatable bonds is 4. The number of benzene rings is 1. The average Bonchev–Trinajstić information content (AvgIpc) is 2.32. The lowest BCUT2D eigenvalue weighted by Crippen LogP contribution is -2.26. The molecule has 1 aromatic carbocycles. The molecular weight excluding hydrogens is 227 g/mol. The van der Waals surface area contributed by atoms with Crippen molar-refractivity contribution in [3.05, 3.63) is 29.6 Å². The minimum atomic E-state index is -0.573. The molecule has 0 radical (unpaired) electrons. The van der Waals surface area contributed by atoms with Gasteiger partial charge in [0.1, 0.15) is 5.82 Å². The summed E-state index contributed by atoms with van der Waals surface area (Å²) in [6.07, 6.45) is 0.0823. The Bertz CT molecular complexity index is 435. The number of carbonyl (C=O) groups excluding carboxylic acids is 2. The third kappa shape index (κ3) is 3.75. The summed E-state index contributed by atoms with van der Waals surface area (Å²) in [6, 6.07) is 3.67. The molecule has 0 atom stereocenters. The van der Waals surface area contributed by atoms with Gasteiger partial charge in [0.2, 0.25) is 0 Å². The van der Waals surface area contributed by atoms with Crippen LogP contribution < -0.4 is 11.1 Å². The van der Waals surface area contributed by atoms with E-state index in [1.165, 1.54) is 19.2 Å². The number of anilines is 1. The molecule has 0 heterocycles. The van der Waals surface area contributed by atoms with Crippen molar-refractivity contribution in [3.8, 4) is 0 Å². The van der Waals surface area contributed by atoms with Crippen LogP contribution >= 0.6 is 0 Å². The summed E-state index contributed by atoms with van der Waals surface area (Å²) in [5.41, 5.74) is 5.48. The third-order valence-electron chi connectivity index (χ3n) is 2.10. The first kappa shape index (κ1) is 13.0. The lowest BCUT2D eigenvalue weighted by molar-refractivity contribution is -0.140. The van der Waals surface area contributed by atoms with Crippen molar-refractivity contribution in [2.24, 2.45) is 0 Å². The first-order valence-electron chi connectivity index (χ1n) is 4.94. The molecule has 5 nitrogen and oxygen atoms in total. The Morgan fingerprint density at radius 1 is 1.47 bits per heavy atom. The van der Waals surface area contributed by atoms with E-state index in [0.717, 1.165) is 6.07 Å². The second-order valence-electron chi connectivity index (χ2n) is 3.32. The normalized spacial score (nSPS) is 9.76. The summed E-state index contributed by atoms with van der Waals surface area (Å²) in [5.74, 6) is -1.40. The molecule has 0 saturated heterocycles. The number of nitrogen functional groups attached to an aromatic ring is 1. The number of carbonyl (C=O) groups is 2. The number of methoxy groups -OCH3 is 1. The molecule has 17 heavy (non-hydrogen) atoms. The van der Waals surface area contributed by atoms with Crippen LogP contribution in [0.3, 0.4) is 0 Å². The Hall–Kier alpha value is -2.11. The Kier molecular flexibility index (Phi) is 4.45. The van der Waals surface area contributed by atoms with Crippen molar-refractivity contribution < 1.29 is 18.7 Å². The van der Waals surface area contributed by atoms with Crippen molar-refractivity contribution in [2.45, 2.75) is 6.42 Å². The number of esters is 1. The van der Waals surface area contributed by atoms with E-state index in [1.54, 1.807) is 0 Å². The molecule has 3 N–H and O–H groups in total. The Morgan fingerprint density at radius 2 is 2.18 bits per heavy atom. The quantitative estimate of drug-likeness (QED) is 0.599. The van der Waals surface area contributed by atoms with Crippen molar-refractivity contribution in [2.75, 3.05) is 19.4 Å². The van der Waals surface area contributed by atoms with Crippen LogP contribution in [0.15, 0.2) is 18.2 Å². The molecule has 0 aliphatic heterocycles. The van der Waals surface area contributed by atoms with Crippen LogP contribution in [0, 0.1) is 5.82 Å². The lowest BCUT2D eigenvalue weighted by Gasteiger charge is -2.05. The summed E-state index contributed by atoms with van der Waals surface area (Å²) >= 11 is 0. The predicted octanol–water partition coefficient (Wildman–Crippen LogP) is 0.701. The first-order valence-corrected chi connectivity index (χ1v) is 4.94. The predicted molar refractivity (Wildman–Crippen MR) is 59.8 cm³/mol. The fourth-order valence-electron chi connectivity index (χ4n) is 1.17. The zero-order chi connectivity index (χ0) is 12.8. The van der Waals surface area contributed by atoms with Gasteiger partial charge in [-0.15, -0.1) is 0 Å². The Morgan fingerprint density at radius 3 is 2.76 bits per heavy atom. The van der Waals surface area contributed by atoms with Crippen LogP contribution in [-0.4, -0.2) is 25.5 Å². The fourth-order valence-corrected chi connectivity index (χ4v) is 1.17. The number of halogens is 1. The highest BCUT2D eigenvalue weighted by molar-refractivity contribution is 5.95. The summed E-state index contributed by atoms with van der Waals surface area (Å²) in [5, 5.41) is 2.49. The average molecular weight is 240 g/mol. The molecule has 1 aromatic rings. The lowest BCUT2D eigenvalue weighted by atomic mass is 10.2. The van der Waals surface area contributed by atoms with Crippen LogP contribution in [-0.2, 0) is 9.53 Å². The van der Waals surface area contributed by atoms with Gasteiger partial charge in [0.15, 0.2) is 0 Å². The minimum Gasteiger partial charge on any atom is -0.469 e. The standard InChI is InChI=1S/C11H13FN2O3/c1-17-10(15)4-5-14-11(16)7-2-3-8(12)9(13)6-7/h2-3,6H,4-5,13H2,1H3,(H,14,16). The Labute approximate surface area is 97.7 Å². The molecule has 1 rings (SSSR count). The van der Waals surface area contributed by atoms with Gasteiger partial charge in [0, 0.05) is 12.1 Å². The summed E-state index contributed by atoms with van der Waals surface area (Å²) in [6.45, 7) is 0.156. The summed E-state index contributed by atoms with van der Waals surface area (Å²) in [4.78, 5) is 22.3. The van der Waals surface area contributed by atoms with Crippen molar-refractivity contribution in [1.29, 1.82) is 0 Å². The van der Waals surface area contributed by atoms with Gasteiger partial charge in [0.25, 0.3) is 5.91 Å². The molecule has 92 valence electrons. The number of hydrogen-bond acceptors (Lipinski definition) is 4. The van der Waals surface area contributed by atoms with Crippen molar-refractivity contribution in [1.82, 2.24) is 5.32 Å². The van der Waals surface area contributed by atoms with Gasteiger partial charge in [0.05, 0.1) is 19.2 Å². The largest absolute Gasteiger partial charge is 0.469 e. The maximum Gasteiger partial charge on any atom is 0.307 e. The summed E-state index contributed by atoms with van der Waals surface area (Å²) < 4.78 is 17.3. The SMILES string of the molecule is COC(=O)CCNC(=O)c1ccc(F)c(N)c1. The Balaban J connectivity index is 2.52. The molecule has 0 saturated carbocycles. The maximum absolute atomic E-state index is 12.8. The van der Waals surface area contributed by atoms with Gasteiger partial charge >= 0.3 is 5.97 Å². The zero-order valence-corrected chi connectivity index (χ0v) is 9.33. The topological polar surface area (TPSA) is 81.4 Å². The minimum absolute atomic E-state index is 0.0823. The van der Waals surface area contributed by atoms with E-state index in [1.807, 2.05) is 0 Å². The monoisotopic (exact) mass is 240 g/mol. The van der Waals surface area contributed by atoms with Crippen LogP contribution in [0.1, 0.15) is 16.8 Å². The zero-order valence-electron chi connectivity index (χ0n) is 9.33. The smallest absolute Gasteiger partial charge is 0.307 e. The van der Waals surface area contributed by atoms with Gasteiger partial charge in [-0.2, -0.15) is 0 Å². The summed E-state index contributed by atoms with van der Waals surface area (Å²) in [7, 11) is 1.27. The van der Waals surface area contributed by atoms with Crippen LogP contribution in [0.5, 0.6) is 0 Å². The highest BCUT2D eigenvalue weighted by Gasteiger charge is 2.08. The van der Waals surface area contributed by atoms with Crippen LogP contribution in [0.4, 0.5) is 10.1 Å². The fraction of sp³-hybridized carbons (Fsp3) is 0.273. The van der Waals surface area contributed by atoms with E-state index in [0.29, 0.717) is 0 Å². The number of nitrogens with two attached hydrogens (primary N) is 1. The van der Waals surface area contributed by atoms with E-state index in [-0.39, 0.29) is 24.2 Å². The van der Waals surface area contributed by atoms with Crippen molar-refractivity contribution in [3.63, 3.8) is 0 Å². The van der Waals surface area contributed by atoms with Crippen LogP contribution in [0.25, 0.3) is 0 Å². The van der Waals surface area contributed by atoms with E-state index in [4.69, 9.17) is 5.73 Å². The molecule has 0 aromatic heterocycles. The van der Waals surface area contributed by atoms with E-state index < -0.39 is 17.7 Å². The molecule has 0 spiro atoms. The van der Waals surface area contributed by atoms with Gasteiger partial charge < -0.3 is 15.8 Å². The van der Waals surface area contributed by atoms with Crippen molar-refractivity contribution >= 4 is 17.6 Å². The molecule has 0 fully saturated rings. The third-order valence-corrected chi connectivity index (χ3v) is 2.10. The number of hydrogen-bond donors (Lipinski definition) is 2. The molecular formula is C11H13FN2O3. The van der Waals surface area contributed by atoms with E-state index in [2.05, 4.69) is 10.1 Å². The van der Waals surface area contributed by atoms with Gasteiger partial charge in [-0.1, -0.05) is 0 Å². The molecule has 0 aliphatic carbocycles. The van der Waals surface area contributed by atoms with Gasteiger partial charge in [-0.3, -0.25) is 9.59 Å². The molecule has 0 bridgehead atoms. The number of ether oxygens (including phenoxy) is 1. The number of nitrogens with one attached hydrogen (secondary N) is 1. The molecule has 0 aliphatic rings. The van der Waals surface area contributed by atoms with E-state index in [9.17, 15) is 14.0 Å². The van der Waals surface area contributed by atoms with E-state index >= 15 is 0 Å². The molecule has 0 unspecified atom stereocenters. The second kappa shape index (κ2) is 5.83. The van der Waals surface area contributed by atoms with Crippen LogP contribution in [0.2, 0.25) is 0 Å². The first-order chi connectivity index (χ1) is 8.04. The van der Waals surface area contributed by atoms with Gasteiger partial charge in [-0.25, -0.2) is 4.39 Å².